The molecule has 0 radical (unpaired) electrons. The molecule has 0 aliphatic carbocycles. The molecule has 2 heterocycles. The van der Waals surface area contributed by atoms with E-state index in [0.717, 1.165) is 43.6 Å². The zero-order chi connectivity index (χ0) is 14.7. The van der Waals surface area contributed by atoms with Crippen LogP contribution in [0.3, 0.4) is 0 Å². The summed E-state index contributed by atoms with van der Waals surface area (Å²) in [5, 5.41) is 3.65. The topological polar surface area (TPSA) is 24.5 Å². The molecule has 1 aromatic carbocycles. The van der Waals surface area contributed by atoms with Gasteiger partial charge in [-0.3, -0.25) is 4.90 Å². The van der Waals surface area contributed by atoms with Crippen LogP contribution in [0, 0.1) is 0 Å². The molecule has 0 spiro atoms. The fourth-order valence-corrected chi connectivity index (χ4v) is 4.10. The maximum atomic E-state index is 5.63. The van der Waals surface area contributed by atoms with Crippen LogP contribution in [0.25, 0.3) is 0 Å². The van der Waals surface area contributed by atoms with Crippen LogP contribution in [0.1, 0.15) is 45.1 Å². The Morgan fingerprint density at radius 3 is 2.62 bits per heavy atom. The average Bonchev–Trinajstić information content (AvgIpc) is 2.71. The highest BCUT2D eigenvalue weighted by molar-refractivity contribution is 5.28. The molecule has 3 rings (SSSR count). The minimum absolute atomic E-state index is 0.735. The van der Waals surface area contributed by atoms with E-state index in [1.54, 1.807) is 0 Å². The van der Waals surface area contributed by atoms with E-state index in [-0.39, 0.29) is 0 Å². The highest BCUT2D eigenvalue weighted by atomic mass is 16.5. The van der Waals surface area contributed by atoms with Crippen molar-refractivity contribution in [3.05, 3.63) is 29.8 Å². The molecule has 21 heavy (non-hydrogen) atoms. The molecule has 3 nitrogen and oxygen atoms in total. The number of hydrogen-bond acceptors (Lipinski definition) is 3. The van der Waals surface area contributed by atoms with Crippen molar-refractivity contribution in [1.82, 2.24) is 10.2 Å². The van der Waals surface area contributed by atoms with Gasteiger partial charge in [-0.25, -0.2) is 0 Å². The summed E-state index contributed by atoms with van der Waals surface area (Å²) < 4.78 is 5.63. The summed E-state index contributed by atoms with van der Waals surface area (Å²) in [6.07, 6.45) is 5.38. The third kappa shape index (κ3) is 3.41. The fraction of sp³-hybridized carbons (Fsp3) is 0.667. The van der Waals surface area contributed by atoms with Gasteiger partial charge in [-0.15, -0.1) is 0 Å². The van der Waals surface area contributed by atoms with Crippen LogP contribution in [-0.4, -0.2) is 36.2 Å². The van der Waals surface area contributed by atoms with Gasteiger partial charge >= 0.3 is 0 Å². The highest BCUT2D eigenvalue weighted by Gasteiger charge is 2.40. The molecular formula is C18H28N2O. The van der Waals surface area contributed by atoms with Crippen molar-refractivity contribution in [1.29, 1.82) is 0 Å². The average molecular weight is 288 g/mol. The smallest absolute Gasteiger partial charge is 0.119 e. The van der Waals surface area contributed by atoms with Gasteiger partial charge in [-0.05, 0) is 56.8 Å². The number of nitrogens with zero attached hydrogens (tertiary/aromatic N) is 1. The van der Waals surface area contributed by atoms with Gasteiger partial charge in [0.05, 0.1) is 6.61 Å². The van der Waals surface area contributed by atoms with Crippen molar-refractivity contribution in [2.75, 3.05) is 13.2 Å². The Morgan fingerprint density at radius 2 is 1.95 bits per heavy atom. The minimum atomic E-state index is 0.735. The summed E-state index contributed by atoms with van der Waals surface area (Å²) in [5.41, 5.74) is 1.39. The highest BCUT2D eigenvalue weighted by Crippen LogP contribution is 2.37. The van der Waals surface area contributed by atoms with Gasteiger partial charge < -0.3 is 10.1 Å². The zero-order valence-electron chi connectivity index (χ0n) is 13.3. The Labute approximate surface area is 128 Å². The first-order valence-electron chi connectivity index (χ1n) is 8.51. The van der Waals surface area contributed by atoms with Gasteiger partial charge in [-0.2, -0.15) is 0 Å². The first-order valence-corrected chi connectivity index (χ1v) is 8.51. The normalized spacial score (nSPS) is 28.8. The van der Waals surface area contributed by atoms with E-state index >= 15 is 0 Å². The van der Waals surface area contributed by atoms with Crippen LogP contribution in [0.4, 0.5) is 0 Å². The largest absolute Gasteiger partial charge is 0.494 e. The maximum Gasteiger partial charge on any atom is 0.119 e. The predicted octanol–water partition coefficient (Wildman–Crippen LogP) is 3.19. The van der Waals surface area contributed by atoms with Crippen LogP contribution < -0.4 is 10.1 Å². The first-order chi connectivity index (χ1) is 10.3. The summed E-state index contributed by atoms with van der Waals surface area (Å²) in [5.74, 6) is 1.00. The summed E-state index contributed by atoms with van der Waals surface area (Å²) in [7, 11) is 0. The molecule has 0 aromatic heterocycles. The molecule has 2 aliphatic rings. The summed E-state index contributed by atoms with van der Waals surface area (Å²) in [6, 6.07) is 10.9. The SMILES string of the molecule is CCNC1CC2CCC(C1)N2Cc1cccc(OCC)c1. The third-order valence-electron chi connectivity index (χ3n) is 4.95. The summed E-state index contributed by atoms with van der Waals surface area (Å²) in [6.45, 7) is 7.17. The van der Waals surface area contributed by atoms with Crippen molar-refractivity contribution >= 4 is 0 Å². The summed E-state index contributed by atoms with van der Waals surface area (Å²) >= 11 is 0. The fourth-order valence-electron chi connectivity index (χ4n) is 4.10. The first kappa shape index (κ1) is 14.9. The monoisotopic (exact) mass is 288 g/mol. The number of rotatable bonds is 6. The lowest BCUT2D eigenvalue weighted by molar-refractivity contribution is 0.110. The molecule has 2 bridgehead atoms. The standard InChI is InChI=1S/C18H28N2O/c1-3-19-15-11-16-8-9-17(12-15)20(16)13-14-6-5-7-18(10-14)21-4-2/h5-7,10,15-17,19H,3-4,8-9,11-13H2,1-2H3. The lowest BCUT2D eigenvalue weighted by Crippen LogP contribution is -2.48. The van der Waals surface area contributed by atoms with E-state index in [4.69, 9.17) is 4.74 Å². The Bertz CT molecular complexity index is 448. The maximum absolute atomic E-state index is 5.63. The lowest BCUT2D eigenvalue weighted by atomic mass is 9.96. The van der Waals surface area contributed by atoms with E-state index < -0.39 is 0 Å². The summed E-state index contributed by atoms with van der Waals surface area (Å²) in [4.78, 5) is 2.74. The molecule has 0 amide bonds. The number of ether oxygens (including phenoxy) is 1. The second-order valence-electron chi connectivity index (χ2n) is 6.36. The minimum Gasteiger partial charge on any atom is -0.494 e. The van der Waals surface area contributed by atoms with Gasteiger partial charge in [0.15, 0.2) is 0 Å². The number of hydrogen-bond donors (Lipinski definition) is 1. The zero-order valence-corrected chi connectivity index (χ0v) is 13.3. The third-order valence-corrected chi connectivity index (χ3v) is 4.95. The number of fused-ring (bicyclic) bond motifs is 2. The predicted molar refractivity (Wildman–Crippen MR) is 86.7 cm³/mol. The van der Waals surface area contributed by atoms with Gasteiger partial charge in [0.25, 0.3) is 0 Å². The molecule has 0 saturated carbocycles. The molecule has 2 saturated heterocycles. The van der Waals surface area contributed by atoms with Crippen LogP contribution in [0.2, 0.25) is 0 Å². The second-order valence-corrected chi connectivity index (χ2v) is 6.36. The molecule has 2 unspecified atom stereocenters. The molecule has 3 heteroatoms. The molecule has 2 fully saturated rings. The van der Waals surface area contributed by atoms with Crippen LogP contribution in [0.5, 0.6) is 5.75 Å². The van der Waals surface area contributed by atoms with E-state index in [0.29, 0.717) is 0 Å². The molecular weight excluding hydrogens is 260 g/mol. The Balaban J connectivity index is 1.65. The van der Waals surface area contributed by atoms with Gasteiger partial charge in [-0.1, -0.05) is 19.1 Å². The Morgan fingerprint density at radius 1 is 1.19 bits per heavy atom. The van der Waals surface area contributed by atoms with Crippen molar-refractivity contribution in [2.24, 2.45) is 0 Å². The number of piperidine rings is 1. The van der Waals surface area contributed by atoms with Crippen LogP contribution in [-0.2, 0) is 6.54 Å². The van der Waals surface area contributed by atoms with Crippen molar-refractivity contribution in [3.8, 4) is 5.75 Å². The van der Waals surface area contributed by atoms with Crippen molar-refractivity contribution in [3.63, 3.8) is 0 Å². The number of nitrogens with one attached hydrogen (secondary N) is 1. The van der Waals surface area contributed by atoms with Crippen LogP contribution in [0.15, 0.2) is 24.3 Å². The second kappa shape index (κ2) is 6.80. The molecule has 2 aliphatic heterocycles. The van der Waals surface area contributed by atoms with Gasteiger partial charge in [0, 0.05) is 24.7 Å². The van der Waals surface area contributed by atoms with Gasteiger partial charge in [0.2, 0.25) is 0 Å². The van der Waals surface area contributed by atoms with Crippen molar-refractivity contribution < 1.29 is 4.74 Å². The van der Waals surface area contributed by atoms with E-state index in [1.165, 1.54) is 31.2 Å². The van der Waals surface area contributed by atoms with Gasteiger partial charge in [0.1, 0.15) is 5.75 Å². The lowest BCUT2D eigenvalue weighted by Gasteiger charge is -2.39. The molecule has 116 valence electrons. The molecule has 1 N–H and O–H groups in total. The van der Waals surface area contributed by atoms with Crippen LogP contribution >= 0.6 is 0 Å². The Hall–Kier alpha value is -1.06. The Kier molecular flexibility index (Phi) is 4.81. The van der Waals surface area contributed by atoms with E-state index in [1.807, 2.05) is 6.92 Å². The van der Waals surface area contributed by atoms with E-state index in [2.05, 4.69) is 41.4 Å². The van der Waals surface area contributed by atoms with Crippen molar-refractivity contribution in [2.45, 2.75) is 64.2 Å². The number of benzene rings is 1. The molecule has 2 atom stereocenters. The van der Waals surface area contributed by atoms with E-state index in [9.17, 15) is 0 Å². The molecule has 1 aromatic rings. The quantitative estimate of drug-likeness (QED) is 0.870.